The van der Waals surface area contributed by atoms with Crippen molar-refractivity contribution < 1.29 is 18.3 Å². The normalized spacial score (nSPS) is 16.4. The van der Waals surface area contributed by atoms with E-state index in [1.807, 2.05) is 0 Å². The van der Waals surface area contributed by atoms with Crippen LogP contribution in [0.1, 0.15) is 36.0 Å². The summed E-state index contributed by atoms with van der Waals surface area (Å²) in [7, 11) is 0. The maximum atomic E-state index is 12.4. The van der Waals surface area contributed by atoms with Gasteiger partial charge in [0.15, 0.2) is 0 Å². The van der Waals surface area contributed by atoms with Crippen LogP contribution in [-0.4, -0.2) is 18.3 Å². The topological polar surface area (TPSA) is 26.3 Å². The third-order valence-corrected chi connectivity index (χ3v) is 2.95. The molecular weight excluding hydrogens is 226 g/mol. The Morgan fingerprint density at radius 2 is 1.88 bits per heavy atom. The number of ketones is 1. The lowest BCUT2D eigenvalue weighted by atomic mass is 10.1. The van der Waals surface area contributed by atoms with Gasteiger partial charge in [0.2, 0.25) is 5.78 Å². The first-order valence-corrected chi connectivity index (χ1v) is 5.76. The zero-order chi connectivity index (χ0) is 12.3. The molecule has 17 heavy (non-hydrogen) atoms. The number of Topliss-reactive ketones (excluding diaryl/α,β-unsaturated/α-hetero) is 1. The van der Waals surface area contributed by atoms with Gasteiger partial charge >= 0.3 is 6.43 Å². The molecule has 92 valence electrons. The fourth-order valence-electron chi connectivity index (χ4n) is 2.08. The molecule has 0 amide bonds. The highest BCUT2D eigenvalue weighted by Gasteiger charge is 2.24. The number of ether oxygens (including phenoxy) is 1. The van der Waals surface area contributed by atoms with Gasteiger partial charge in [-0.05, 0) is 37.8 Å². The number of carbonyl (C=O) groups excluding carboxylic acids is 1. The molecule has 1 aromatic carbocycles. The minimum atomic E-state index is -2.98. The van der Waals surface area contributed by atoms with Crippen LogP contribution < -0.4 is 4.74 Å². The van der Waals surface area contributed by atoms with Crippen LogP contribution in [0.4, 0.5) is 8.78 Å². The zero-order valence-corrected chi connectivity index (χ0v) is 9.36. The fourth-order valence-corrected chi connectivity index (χ4v) is 2.08. The fraction of sp³-hybridized carbons (Fsp3) is 0.462. The van der Waals surface area contributed by atoms with Crippen LogP contribution in [0.5, 0.6) is 5.75 Å². The maximum absolute atomic E-state index is 12.4. The van der Waals surface area contributed by atoms with E-state index in [2.05, 4.69) is 0 Å². The Morgan fingerprint density at radius 3 is 2.53 bits per heavy atom. The van der Waals surface area contributed by atoms with E-state index in [1.54, 1.807) is 18.2 Å². The van der Waals surface area contributed by atoms with Gasteiger partial charge in [-0.1, -0.05) is 12.1 Å². The van der Waals surface area contributed by atoms with Gasteiger partial charge < -0.3 is 4.74 Å². The third-order valence-electron chi connectivity index (χ3n) is 2.95. The third kappa shape index (κ3) is 2.81. The van der Waals surface area contributed by atoms with Crippen LogP contribution in [0, 0.1) is 0 Å². The number of hydrogen-bond acceptors (Lipinski definition) is 2. The molecule has 0 saturated heterocycles. The molecule has 0 bridgehead atoms. The predicted molar refractivity (Wildman–Crippen MR) is 59.7 cm³/mol. The lowest BCUT2D eigenvalue weighted by Crippen LogP contribution is -2.16. The Morgan fingerprint density at radius 1 is 1.24 bits per heavy atom. The largest absolute Gasteiger partial charge is 0.490 e. The minimum Gasteiger partial charge on any atom is -0.490 e. The lowest BCUT2D eigenvalue weighted by molar-refractivity contribution is 0.0672. The molecule has 0 heterocycles. The molecule has 4 heteroatoms. The van der Waals surface area contributed by atoms with Crippen molar-refractivity contribution >= 4 is 5.78 Å². The minimum absolute atomic E-state index is 0.0191. The quantitative estimate of drug-likeness (QED) is 0.753. The molecule has 0 atom stereocenters. The number of alkyl halides is 2. The van der Waals surface area contributed by atoms with Crippen molar-refractivity contribution in [3.05, 3.63) is 29.8 Å². The number of rotatable bonds is 4. The number of halogens is 2. The van der Waals surface area contributed by atoms with Crippen molar-refractivity contribution in [3.8, 4) is 5.75 Å². The molecule has 0 spiro atoms. The van der Waals surface area contributed by atoms with Crippen molar-refractivity contribution in [2.45, 2.75) is 38.2 Å². The van der Waals surface area contributed by atoms with Gasteiger partial charge in [0, 0.05) is 0 Å². The highest BCUT2D eigenvalue weighted by molar-refractivity contribution is 6.00. The van der Waals surface area contributed by atoms with E-state index in [0.29, 0.717) is 0 Å². The van der Waals surface area contributed by atoms with Crippen molar-refractivity contribution in [2.24, 2.45) is 0 Å². The zero-order valence-electron chi connectivity index (χ0n) is 9.36. The molecule has 0 unspecified atom stereocenters. The van der Waals surface area contributed by atoms with Crippen molar-refractivity contribution in [1.29, 1.82) is 0 Å². The molecule has 0 aliphatic heterocycles. The van der Waals surface area contributed by atoms with E-state index in [0.717, 1.165) is 25.7 Å². The van der Waals surface area contributed by atoms with Crippen molar-refractivity contribution in [3.63, 3.8) is 0 Å². The monoisotopic (exact) mass is 240 g/mol. The summed E-state index contributed by atoms with van der Waals surface area (Å²) in [6, 6.07) is 6.22. The predicted octanol–water partition coefficient (Wildman–Crippen LogP) is 3.46. The van der Waals surface area contributed by atoms with Crippen LogP contribution in [0.2, 0.25) is 0 Å². The van der Waals surface area contributed by atoms with Crippen molar-refractivity contribution in [2.75, 3.05) is 0 Å². The Bertz CT molecular complexity index is 398. The van der Waals surface area contributed by atoms with Crippen LogP contribution in [-0.2, 0) is 0 Å². The van der Waals surface area contributed by atoms with E-state index in [4.69, 9.17) is 4.74 Å². The van der Waals surface area contributed by atoms with Crippen LogP contribution in [0.25, 0.3) is 0 Å². The van der Waals surface area contributed by atoms with Crippen LogP contribution in [0.15, 0.2) is 24.3 Å². The Balaban J connectivity index is 2.17. The molecule has 2 nitrogen and oxygen atoms in total. The number of para-hydroxylation sites is 1. The maximum Gasteiger partial charge on any atom is 0.300 e. The second-order valence-electron chi connectivity index (χ2n) is 4.19. The lowest BCUT2D eigenvalue weighted by Gasteiger charge is -2.15. The molecular formula is C13H14F2O2. The van der Waals surface area contributed by atoms with Gasteiger partial charge in [-0.15, -0.1) is 0 Å². The van der Waals surface area contributed by atoms with E-state index < -0.39 is 12.2 Å². The first-order chi connectivity index (χ1) is 8.18. The summed E-state index contributed by atoms with van der Waals surface area (Å²) in [5, 5.41) is 0. The van der Waals surface area contributed by atoms with E-state index in [-0.39, 0.29) is 17.4 Å². The summed E-state index contributed by atoms with van der Waals surface area (Å²) < 4.78 is 30.4. The molecule has 1 fully saturated rings. The summed E-state index contributed by atoms with van der Waals surface area (Å²) in [6.07, 6.45) is 1.12. The number of benzene rings is 1. The summed E-state index contributed by atoms with van der Waals surface area (Å²) >= 11 is 0. The highest BCUT2D eigenvalue weighted by Crippen LogP contribution is 2.27. The molecule has 1 aromatic rings. The summed E-state index contributed by atoms with van der Waals surface area (Å²) in [6.45, 7) is 0. The smallest absolute Gasteiger partial charge is 0.300 e. The molecule has 1 aliphatic rings. The first kappa shape index (κ1) is 12.0. The summed E-state index contributed by atoms with van der Waals surface area (Å²) in [5.74, 6) is -0.886. The van der Waals surface area contributed by atoms with Gasteiger partial charge in [0.1, 0.15) is 5.75 Å². The summed E-state index contributed by atoms with van der Waals surface area (Å²) in [5.41, 5.74) is -0.0191. The average molecular weight is 240 g/mol. The molecule has 0 N–H and O–H groups in total. The van der Waals surface area contributed by atoms with Gasteiger partial charge in [-0.25, -0.2) is 8.78 Å². The Hall–Kier alpha value is -1.45. The van der Waals surface area contributed by atoms with Crippen molar-refractivity contribution in [1.82, 2.24) is 0 Å². The Labute approximate surface area is 98.6 Å². The number of hydrogen-bond donors (Lipinski definition) is 0. The van der Waals surface area contributed by atoms with Crippen LogP contribution in [0.3, 0.4) is 0 Å². The van der Waals surface area contributed by atoms with Crippen LogP contribution >= 0.6 is 0 Å². The second kappa shape index (κ2) is 5.25. The Kier molecular flexibility index (Phi) is 3.71. The van der Waals surface area contributed by atoms with E-state index >= 15 is 0 Å². The summed E-state index contributed by atoms with van der Waals surface area (Å²) in [4.78, 5) is 11.3. The molecule has 1 aliphatic carbocycles. The SMILES string of the molecule is O=C(c1ccccc1OC1CCCC1)C(F)F. The van der Waals surface area contributed by atoms with Gasteiger partial charge in [-0.2, -0.15) is 0 Å². The van der Waals surface area contributed by atoms with Gasteiger partial charge in [-0.3, -0.25) is 4.79 Å². The van der Waals surface area contributed by atoms with E-state index in [1.165, 1.54) is 6.07 Å². The molecule has 1 saturated carbocycles. The van der Waals surface area contributed by atoms with E-state index in [9.17, 15) is 13.6 Å². The number of carbonyl (C=O) groups is 1. The molecule has 0 aromatic heterocycles. The standard InChI is InChI=1S/C13H14F2O2/c14-13(15)12(16)10-7-3-4-8-11(10)17-9-5-1-2-6-9/h3-4,7-9,13H,1-2,5-6H2. The second-order valence-corrected chi connectivity index (χ2v) is 4.19. The van der Waals surface area contributed by atoms with Gasteiger partial charge in [0.25, 0.3) is 0 Å². The first-order valence-electron chi connectivity index (χ1n) is 5.76. The molecule has 2 rings (SSSR count). The molecule has 0 radical (unpaired) electrons. The highest BCUT2D eigenvalue weighted by atomic mass is 19.3. The average Bonchev–Trinajstić information content (AvgIpc) is 2.81. The van der Waals surface area contributed by atoms with Gasteiger partial charge in [0.05, 0.1) is 11.7 Å².